The van der Waals surface area contributed by atoms with Gasteiger partial charge in [-0.15, -0.1) is 0 Å². The first kappa shape index (κ1) is 22.7. The van der Waals surface area contributed by atoms with Crippen LogP contribution in [0.3, 0.4) is 0 Å². The average Bonchev–Trinajstić information content (AvgIpc) is 3.40. The Labute approximate surface area is 197 Å². The molecule has 0 bridgehead atoms. The molecule has 4 rings (SSSR count). The highest BCUT2D eigenvalue weighted by molar-refractivity contribution is 6.09. The Kier molecular flexibility index (Phi) is 7.58. The molecule has 0 spiro atoms. The predicted molar refractivity (Wildman–Crippen MR) is 128 cm³/mol. The fraction of sp³-hybridized carbons (Fsp3) is 0.111. The largest absolute Gasteiger partial charge is 0.490 e. The van der Waals surface area contributed by atoms with Crippen LogP contribution in [0.4, 0.5) is 5.69 Å². The number of anilines is 1. The number of para-hydroxylation sites is 2. The smallest absolute Gasteiger partial charge is 0.255 e. The monoisotopic (exact) mass is 456 g/mol. The molecule has 0 saturated heterocycles. The van der Waals surface area contributed by atoms with Gasteiger partial charge in [0.1, 0.15) is 30.5 Å². The number of amides is 2. The van der Waals surface area contributed by atoms with Gasteiger partial charge in [0.2, 0.25) is 0 Å². The van der Waals surface area contributed by atoms with Crippen molar-refractivity contribution in [3.05, 3.63) is 114 Å². The van der Waals surface area contributed by atoms with E-state index in [1.165, 1.54) is 0 Å². The van der Waals surface area contributed by atoms with E-state index in [9.17, 15) is 9.59 Å². The molecule has 172 valence electrons. The van der Waals surface area contributed by atoms with Gasteiger partial charge in [-0.05, 0) is 60.7 Å². The van der Waals surface area contributed by atoms with E-state index in [1.807, 2.05) is 30.3 Å². The number of ether oxygens (including phenoxy) is 2. The molecule has 0 aliphatic carbocycles. The molecule has 0 unspecified atom stereocenters. The first-order valence-electron chi connectivity index (χ1n) is 10.8. The molecule has 2 amide bonds. The highest BCUT2D eigenvalue weighted by Crippen LogP contribution is 2.18. The van der Waals surface area contributed by atoms with E-state index in [0.29, 0.717) is 41.5 Å². The zero-order chi connectivity index (χ0) is 23.6. The standard InChI is InChI=1S/C27H24N2O5/c30-26(20-12-14-22(15-13-20)34-18-17-33-21-7-2-1-3-8-21)29-25-11-5-4-10-24(25)27(31)28-19-23-9-6-16-32-23/h1-16H,17-19H2,(H,28,31)(H,29,30). The van der Waals surface area contributed by atoms with E-state index in [1.54, 1.807) is 66.9 Å². The highest BCUT2D eigenvalue weighted by Gasteiger charge is 2.14. The van der Waals surface area contributed by atoms with Crippen molar-refractivity contribution in [3.63, 3.8) is 0 Å². The van der Waals surface area contributed by atoms with Crippen LogP contribution < -0.4 is 20.1 Å². The van der Waals surface area contributed by atoms with E-state index in [0.717, 1.165) is 5.75 Å². The van der Waals surface area contributed by atoms with E-state index in [-0.39, 0.29) is 18.4 Å². The van der Waals surface area contributed by atoms with Crippen LogP contribution >= 0.6 is 0 Å². The zero-order valence-corrected chi connectivity index (χ0v) is 18.4. The van der Waals surface area contributed by atoms with Crippen LogP contribution in [-0.4, -0.2) is 25.0 Å². The summed E-state index contributed by atoms with van der Waals surface area (Å²) in [6.45, 7) is 1.04. The van der Waals surface area contributed by atoms with Gasteiger partial charge in [0.25, 0.3) is 11.8 Å². The van der Waals surface area contributed by atoms with E-state index < -0.39 is 0 Å². The lowest BCUT2D eigenvalue weighted by Crippen LogP contribution is -2.24. The van der Waals surface area contributed by atoms with Crippen LogP contribution in [-0.2, 0) is 6.54 Å². The molecule has 1 heterocycles. The zero-order valence-electron chi connectivity index (χ0n) is 18.4. The van der Waals surface area contributed by atoms with E-state index in [4.69, 9.17) is 13.9 Å². The van der Waals surface area contributed by atoms with Crippen molar-refractivity contribution in [1.82, 2.24) is 5.32 Å². The van der Waals surface area contributed by atoms with E-state index in [2.05, 4.69) is 10.6 Å². The van der Waals surface area contributed by atoms with E-state index >= 15 is 0 Å². The second-order valence-corrected chi connectivity index (χ2v) is 7.30. The molecule has 0 aliphatic rings. The van der Waals surface area contributed by atoms with Gasteiger partial charge < -0.3 is 24.5 Å². The molecule has 34 heavy (non-hydrogen) atoms. The number of furan rings is 1. The van der Waals surface area contributed by atoms with Crippen LogP contribution in [0, 0.1) is 0 Å². The molecule has 0 radical (unpaired) electrons. The summed E-state index contributed by atoms with van der Waals surface area (Å²) in [5.41, 5.74) is 1.22. The maximum absolute atomic E-state index is 12.7. The third-order valence-corrected chi connectivity index (χ3v) is 4.90. The summed E-state index contributed by atoms with van der Waals surface area (Å²) in [6, 6.07) is 26.7. The number of rotatable bonds is 10. The summed E-state index contributed by atoms with van der Waals surface area (Å²) in [7, 11) is 0. The van der Waals surface area contributed by atoms with Crippen molar-refractivity contribution >= 4 is 17.5 Å². The lowest BCUT2D eigenvalue weighted by atomic mass is 10.1. The van der Waals surface area contributed by atoms with Crippen LogP contribution in [0.5, 0.6) is 11.5 Å². The van der Waals surface area contributed by atoms with Crippen molar-refractivity contribution in [2.24, 2.45) is 0 Å². The number of hydrogen-bond acceptors (Lipinski definition) is 5. The topological polar surface area (TPSA) is 89.8 Å². The second-order valence-electron chi connectivity index (χ2n) is 7.30. The molecule has 1 aromatic heterocycles. The van der Waals surface area contributed by atoms with Crippen LogP contribution in [0.1, 0.15) is 26.5 Å². The third kappa shape index (κ3) is 6.26. The Morgan fingerprint density at radius 1 is 0.706 bits per heavy atom. The van der Waals surface area contributed by atoms with Gasteiger partial charge in [0.05, 0.1) is 24.1 Å². The van der Waals surface area contributed by atoms with Crippen LogP contribution in [0.15, 0.2) is 102 Å². The van der Waals surface area contributed by atoms with Crippen molar-refractivity contribution in [2.45, 2.75) is 6.54 Å². The minimum Gasteiger partial charge on any atom is -0.490 e. The summed E-state index contributed by atoms with van der Waals surface area (Å²) >= 11 is 0. The predicted octanol–water partition coefficient (Wildman–Crippen LogP) is 4.92. The Morgan fingerprint density at radius 3 is 2.09 bits per heavy atom. The first-order valence-corrected chi connectivity index (χ1v) is 10.8. The lowest BCUT2D eigenvalue weighted by Gasteiger charge is -2.12. The molecular weight excluding hydrogens is 432 g/mol. The SMILES string of the molecule is O=C(Nc1ccccc1C(=O)NCc1ccco1)c1ccc(OCCOc2ccccc2)cc1. The quantitative estimate of drug-likeness (QED) is 0.331. The number of carbonyl (C=O) groups is 2. The molecule has 2 N–H and O–H groups in total. The molecule has 0 atom stereocenters. The average molecular weight is 456 g/mol. The molecule has 7 heteroatoms. The van der Waals surface area contributed by atoms with Gasteiger partial charge in [0.15, 0.2) is 0 Å². The maximum Gasteiger partial charge on any atom is 0.255 e. The van der Waals surface area contributed by atoms with Crippen LogP contribution in [0.2, 0.25) is 0 Å². The van der Waals surface area contributed by atoms with Gasteiger partial charge in [-0.25, -0.2) is 0 Å². The van der Waals surface area contributed by atoms with Gasteiger partial charge in [-0.2, -0.15) is 0 Å². The van der Waals surface area contributed by atoms with Gasteiger partial charge in [-0.3, -0.25) is 9.59 Å². The van der Waals surface area contributed by atoms with Crippen molar-refractivity contribution in [1.29, 1.82) is 0 Å². The van der Waals surface area contributed by atoms with Gasteiger partial charge in [0, 0.05) is 5.56 Å². The van der Waals surface area contributed by atoms with Gasteiger partial charge >= 0.3 is 0 Å². The van der Waals surface area contributed by atoms with Gasteiger partial charge in [-0.1, -0.05) is 30.3 Å². The minimum absolute atomic E-state index is 0.256. The highest BCUT2D eigenvalue weighted by atomic mass is 16.5. The summed E-state index contributed by atoms with van der Waals surface area (Å²) in [5, 5.41) is 5.59. The molecule has 0 saturated carbocycles. The summed E-state index contributed by atoms with van der Waals surface area (Å²) in [6.07, 6.45) is 1.55. The Hall–Kier alpha value is -4.52. The van der Waals surface area contributed by atoms with Crippen molar-refractivity contribution < 1.29 is 23.5 Å². The number of carbonyl (C=O) groups excluding carboxylic acids is 2. The molecule has 7 nitrogen and oxygen atoms in total. The molecular formula is C27H24N2O5. The number of hydrogen-bond donors (Lipinski definition) is 2. The molecule has 4 aromatic rings. The number of nitrogens with one attached hydrogen (secondary N) is 2. The fourth-order valence-electron chi connectivity index (χ4n) is 3.20. The second kappa shape index (κ2) is 11.4. The molecule has 0 aliphatic heterocycles. The summed E-state index contributed by atoms with van der Waals surface area (Å²) < 4.78 is 16.5. The minimum atomic E-state index is -0.328. The van der Waals surface area contributed by atoms with Crippen molar-refractivity contribution in [3.8, 4) is 11.5 Å². The lowest BCUT2D eigenvalue weighted by molar-refractivity contribution is 0.0949. The third-order valence-electron chi connectivity index (χ3n) is 4.90. The number of benzene rings is 3. The summed E-state index contributed by atoms with van der Waals surface area (Å²) in [5.74, 6) is 1.42. The Morgan fingerprint density at radius 2 is 1.38 bits per heavy atom. The Balaban J connectivity index is 1.30. The fourth-order valence-corrected chi connectivity index (χ4v) is 3.20. The molecule has 3 aromatic carbocycles. The first-order chi connectivity index (χ1) is 16.7. The summed E-state index contributed by atoms with van der Waals surface area (Å²) in [4.78, 5) is 25.4. The van der Waals surface area contributed by atoms with Crippen molar-refractivity contribution in [2.75, 3.05) is 18.5 Å². The Bertz CT molecular complexity index is 1210. The van der Waals surface area contributed by atoms with Crippen LogP contribution in [0.25, 0.3) is 0 Å². The maximum atomic E-state index is 12.7. The normalized spacial score (nSPS) is 10.4. The molecule has 0 fully saturated rings.